The fourth-order valence-electron chi connectivity index (χ4n) is 0.896. The van der Waals surface area contributed by atoms with E-state index in [1.54, 1.807) is 12.4 Å². The highest BCUT2D eigenvalue weighted by molar-refractivity contribution is 5.73. The molecule has 0 bridgehead atoms. The number of hydrogen-bond donors (Lipinski definition) is 0. The average Bonchev–Trinajstić information content (AvgIpc) is 2.05. The van der Waals surface area contributed by atoms with Crippen LogP contribution in [0.2, 0.25) is 0 Å². The Labute approximate surface area is 71.9 Å². The highest BCUT2D eigenvalue weighted by Crippen LogP contribution is 2.01. The van der Waals surface area contributed by atoms with Gasteiger partial charge in [0.1, 0.15) is 5.82 Å². The zero-order valence-corrected chi connectivity index (χ0v) is 7.32. The Balaban J connectivity index is 2.71. The minimum Gasteiger partial charge on any atom is -0.298 e. The van der Waals surface area contributed by atoms with Crippen LogP contribution in [0.1, 0.15) is 30.0 Å². The van der Waals surface area contributed by atoms with Crippen molar-refractivity contribution in [3.63, 3.8) is 0 Å². The second-order valence-electron chi connectivity index (χ2n) is 3.15. The van der Waals surface area contributed by atoms with Gasteiger partial charge >= 0.3 is 0 Å². The van der Waals surface area contributed by atoms with E-state index in [1.807, 2.05) is 0 Å². The second kappa shape index (κ2) is 3.95. The van der Waals surface area contributed by atoms with Gasteiger partial charge < -0.3 is 0 Å². The molecular weight excluding hydrogens is 152 g/mol. The highest BCUT2D eigenvalue weighted by Gasteiger charge is 1.99. The normalized spacial score (nSPS) is 10.2. The maximum Gasteiger partial charge on any atom is 0.153 e. The third-order valence-electron chi connectivity index (χ3n) is 1.45. The molecule has 3 heteroatoms. The molecule has 0 N–H and O–H groups in total. The number of aldehydes is 1. The Morgan fingerprint density at radius 1 is 1.42 bits per heavy atom. The van der Waals surface area contributed by atoms with Crippen LogP contribution in [0.5, 0.6) is 0 Å². The lowest BCUT2D eigenvalue weighted by Gasteiger charge is -2.01. The summed E-state index contributed by atoms with van der Waals surface area (Å²) in [6, 6.07) is 0. The molecule has 0 atom stereocenters. The van der Waals surface area contributed by atoms with Crippen molar-refractivity contribution in [2.75, 3.05) is 0 Å². The van der Waals surface area contributed by atoms with Crippen molar-refractivity contribution in [3.8, 4) is 0 Å². The lowest BCUT2D eigenvalue weighted by molar-refractivity contribution is 0.112. The number of aromatic nitrogens is 2. The average molecular weight is 164 g/mol. The Kier molecular flexibility index (Phi) is 2.91. The van der Waals surface area contributed by atoms with Crippen molar-refractivity contribution in [2.45, 2.75) is 20.3 Å². The van der Waals surface area contributed by atoms with Gasteiger partial charge in [-0.15, -0.1) is 0 Å². The van der Waals surface area contributed by atoms with Gasteiger partial charge in [0.15, 0.2) is 6.29 Å². The molecule has 0 aromatic carbocycles. The van der Waals surface area contributed by atoms with Gasteiger partial charge in [-0.1, -0.05) is 13.8 Å². The lowest BCUT2D eigenvalue weighted by Crippen LogP contribution is -2.00. The van der Waals surface area contributed by atoms with Crippen molar-refractivity contribution in [1.82, 2.24) is 9.97 Å². The fourth-order valence-corrected chi connectivity index (χ4v) is 0.896. The van der Waals surface area contributed by atoms with E-state index in [4.69, 9.17) is 0 Å². The maximum absolute atomic E-state index is 10.3. The number of carbonyl (C=O) groups excluding carboxylic acids is 1. The van der Waals surface area contributed by atoms with E-state index >= 15 is 0 Å². The fraction of sp³-hybridized carbons (Fsp3) is 0.444. The third-order valence-corrected chi connectivity index (χ3v) is 1.45. The molecule has 0 fully saturated rings. The molecule has 1 aromatic rings. The number of rotatable bonds is 3. The van der Waals surface area contributed by atoms with Crippen LogP contribution in [0.15, 0.2) is 12.4 Å². The minimum absolute atomic E-state index is 0.530. The molecule has 0 saturated heterocycles. The second-order valence-corrected chi connectivity index (χ2v) is 3.15. The summed E-state index contributed by atoms with van der Waals surface area (Å²) in [6.07, 6.45) is 4.72. The molecule has 1 rings (SSSR count). The van der Waals surface area contributed by atoms with Gasteiger partial charge in [0.25, 0.3) is 0 Å². The first kappa shape index (κ1) is 8.84. The van der Waals surface area contributed by atoms with Gasteiger partial charge in [0, 0.05) is 18.8 Å². The van der Waals surface area contributed by atoms with Crippen molar-refractivity contribution in [1.29, 1.82) is 0 Å². The van der Waals surface area contributed by atoms with Crippen LogP contribution in [0.4, 0.5) is 0 Å². The molecule has 1 heterocycles. The van der Waals surface area contributed by atoms with E-state index in [1.165, 1.54) is 0 Å². The monoisotopic (exact) mass is 164 g/mol. The standard InChI is InChI=1S/C9H12N2O/c1-7(2)3-9-10-4-8(6-12)5-11-9/h4-7H,3H2,1-2H3. The predicted molar refractivity (Wildman–Crippen MR) is 46.0 cm³/mol. The molecule has 3 nitrogen and oxygen atoms in total. The summed E-state index contributed by atoms with van der Waals surface area (Å²) in [7, 11) is 0. The first-order valence-corrected chi connectivity index (χ1v) is 3.98. The van der Waals surface area contributed by atoms with Crippen molar-refractivity contribution in [3.05, 3.63) is 23.8 Å². The first-order chi connectivity index (χ1) is 5.72. The largest absolute Gasteiger partial charge is 0.298 e. The molecule has 12 heavy (non-hydrogen) atoms. The Bertz CT molecular complexity index is 254. The molecule has 0 amide bonds. The van der Waals surface area contributed by atoms with Crippen LogP contribution in [0.25, 0.3) is 0 Å². The van der Waals surface area contributed by atoms with E-state index < -0.39 is 0 Å². The quantitative estimate of drug-likeness (QED) is 0.635. The highest BCUT2D eigenvalue weighted by atomic mass is 16.1. The topological polar surface area (TPSA) is 42.9 Å². The van der Waals surface area contributed by atoms with Gasteiger partial charge in [-0.3, -0.25) is 4.79 Å². The van der Waals surface area contributed by atoms with E-state index in [0.717, 1.165) is 18.5 Å². The summed E-state index contributed by atoms with van der Waals surface area (Å²) in [4.78, 5) is 18.4. The Morgan fingerprint density at radius 2 is 2.00 bits per heavy atom. The van der Waals surface area contributed by atoms with Crippen molar-refractivity contribution < 1.29 is 4.79 Å². The van der Waals surface area contributed by atoms with E-state index in [2.05, 4.69) is 23.8 Å². The van der Waals surface area contributed by atoms with Gasteiger partial charge in [-0.2, -0.15) is 0 Å². The molecule has 0 unspecified atom stereocenters. The zero-order chi connectivity index (χ0) is 8.97. The number of carbonyl (C=O) groups is 1. The van der Waals surface area contributed by atoms with E-state index in [0.29, 0.717) is 11.5 Å². The predicted octanol–water partition coefficient (Wildman–Crippen LogP) is 1.49. The maximum atomic E-state index is 10.3. The van der Waals surface area contributed by atoms with Crippen LogP contribution in [-0.2, 0) is 6.42 Å². The van der Waals surface area contributed by atoms with Gasteiger partial charge in [0.2, 0.25) is 0 Å². The molecule has 0 spiro atoms. The molecule has 0 aliphatic rings. The number of hydrogen-bond acceptors (Lipinski definition) is 3. The van der Waals surface area contributed by atoms with Crippen LogP contribution in [0, 0.1) is 5.92 Å². The Morgan fingerprint density at radius 3 is 2.42 bits per heavy atom. The molecule has 0 aliphatic carbocycles. The number of nitrogens with zero attached hydrogens (tertiary/aromatic N) is 2. The summed E-state index contributed by atoms with van der Waals surface area (Å²) in [5.74, 6) is 1.35. The molecule has 1 aromatic heterocycles. The van der Waals surface area contributed by atoms with Crippen molar-refractivity contribution >= 4 is 6.29 Å². The van der Waals surface area contributed by atoms with E-state index in [9.17, 15) is 4.79 Å². The molecule has 0 aliphatic heterocycles. The van der Waals surface area contributed by atoms with Crippen LogP contribution in [0.3, 0.4) is 0 Å². The van der Waals surface area contributed by atoms with Gasteiger partial charge in [0.05, 0.1) is 5.56 Å². The molecule has 64 valence electrons. The van der Waals surface area contributed by atoms with Crippen LogP contribution in [-0.4, -0.2) is 16.3 Å². The molecule has 0 saturated carbocycles. The smallest absolute Gasteiger partial charge is 0.153 e. The van der Waals surface area contributed by atoms with E-state index in [-0.39, 0.29) is 0 Å². The van der Waals surface area contributed by atoms with Gasteiger partial charge in [-0.25, -0.2) is 9.97 Å². The molecular formula is C9H12N2O. The summed E-state index contributed by atoms with van der Waals surface area (Å²) >= 11 is 0. The Hall–Kier alpha value is -1.25. The summed E-state index contributed by atoms with van der Waals surface area (Å²) in [5.41, 5.74) is 0.530. The summed E-state index contributed by atoms with van der Waals surface area (Å²) < 4.78 is 0. The SMILES string of the molecule is CC(C)Cc1ncc(C=O)cn1. The first-order valence-electron chi connectivity index (χ1n) is 3.98. The zero-order valence-electron chi connectivity index (χ0n) is 7.32. The summed E-state index contributed by atoms with van der Waals surface area (Å²) in [5, 5.41) is 0. The third kappa shape index (κ3) is 2.42. The molecule has 0 radical (unpaired) electrons. The van der Waals surface area contributed by atoms with Crippen LogP contribution < -0.4 is 0 Å². The van der Waals surface area contributed by atoms with Crippen LogP contribution >= 0.6 is 0 Å². The van der Waals surface area contributed by atoms with Crippen molar-refractivity contribution in [2.24, 2.45) is 5.92 Å². The summed E-state index contributed by atoms with van der Waals surface area (Å²) in [6.45, 7) is 4.22. The van der Waals surface area contributed by atoms with Gasteiger partial charge in [-0.05, 0) is 5.92 Å². The lowest BCUT2D eigenvalue weighted by atomic mass is 10.1. The minimum atomic E-state index is 0.530.